The molecular formula is C27H29N5OS. The molecule has 2 aromatic heterocycles. The van der Waals surface area contributed by atoms with Crippen molar-refractivity contribution in [3.05, 3.63) is 89.7 Å². The van der Waals surface area contributed by atoms with E-state index in [2.05, 4.69) is 87.4 Å². The molecule has 0 unspecified atom stereocenters. The van der Waals surface area contributed by atoms with Crippen molar-refractivity contribution in [3.63, 3.8) is 0 Å². The summed E-state index contributed by atoms with van der Waals surface area (Å²) in [5, 5.41) is 12.8. The number of rotatable bonds is 10. The molecule has 6 nitrogen and oxygen atoms in total. The van der Waals surface area contributed by atoms with Crippen LogP contribution in [-0.4, -0.2) is 38.0 Å². The van der Waals surface area contributed by atoms with Crippen LogP contribution in [0.15, 0.2) is 78.1 Å². The molecule has 0 bridgehead atoms. The molecule has 1 N–H and O–H groups in total. The Bertz CT molecular complexity index is 1200. The maximum Gasteiger partial charge on any atom is 0.220 e. The lowest BCUT2D eigenvalue weighted by atomic mass is 10.1. The summed E-state index contributed by atoms with van der Waals surface area (Å²) in [5.41, 5.74) is 5.45. The van der Waals surface area contributed by atoms with E-state index < -0.39 is 0 Å². The summed E-state index contributed by atoms with van der Waals surface area (Å²) in [5.74, 6) is 1.67. The number of carbonyl (C=O) groups excluding carboxylic acids is 1. The lowest BCUT2D eigenvalue weighted by Gasteiger charge is -2.11. The van der Waals surface area contributed by atoms with Crippen LogP contribution >= 0.6 is 11.8 Å². The van der Waals surface area contributed by atoms with Crippen LogP contribution in [0.3, 0.4) is 0 Å². The number of benzene rings is 2. The van der Waals surface area contributed by atoms with Gasteiger partial charge in [-0.15, -0.1) is 10.2 Å². The molecule has 7 heteroatoms. The topological polar surface area (TPSA) is 72.7 Å². The second kappa shape index (κ2) is 11.6. The Morgan fingerprint density at radius 2 is 1.68 bits per heavy atom. The zero-order valence-electron chi connectivity index (χ0n) is 19.6. The SMILES string of the molecule is Cc1ccc(-c2nnc(SCCCC(=O)NCCc3ccccn3)n2-c2ccc(C)cc2)cc1. The van der Waals surface area contributed by atoms with Gasteiger partial charge in [-0.05, 0) is 44.5 Å². The molecule has 0 fully saturated rings. The van der Waals surface area contributed by atoms with E-state index in [1.807, 2.05) is 18.2 Å². The molecule has 2 heterocycles. The third-order valence-electron chi connectivity index (χ3n) is 5.44. The lowest BCUT2D eigenvalue weighted by Crippen LogP contribution is -2.25. The van der Waals surface area contributed by atoms with Crippen molar-refractivity contribution in [1.29, 1.82) is 0 Å². The van der Waals surface area contributed by atoms with Crippen molar-refractivity contribution in [2.45, 2.75) is 38.3 Å². The van der Waals surface area contributed by atoms with Crippen LogP contribution < -0.4 is 5.32 Å². The molecule has 174 valence electrons. The fraction of sp³-hybridized carbons (Fsp3) is 0.259. The molecule has 0 saturated heterocycles. The number of thioether (sulfide) groups is 1. The summed E-state index contributed by atoms with van der Waals surface area (Å²) in [7, 11) is 0. The Morgan fingerprint density at radius 3 is 2.38 bits per heavy atom. The number of aromatic nitrogens is 4. The van der Waals surface area contributed by atoms with Crippen molar-refractivity contribution >= 4 is 17.7 Å². The summed E-state index contributed by atoms with van der Waals surface area (Å²) < 4.78 is 2.10. The van der Waals surface area contributed by atoms with Gasteiger partial charge in [-0.1, -0.05) is 65.4 Å². The van der Waals surface area contributed by atoms with Crippen LogP contribution in [0.25, 0.3) is 17.1 Å². The monoisotopic (exact) mass is 471 g/mol. The highest BCUT2D eigenvalue weighted by molar-refractivity contribution is 7.99. The zero-order valence-corrected chi connectivity index (χ0v) is 20.4. The maximum absolute atomic E-state index is 12.2. The second-order valence-electron chi connectivity index (χ2n) is 8.22. The van der Waals surface area contributed by atoms with Gasteiger partial charge >= 0.3 is 0 Å². The van der Waals surface area contributed by atoms with Crippen LogP contribution in [0, 0.1) is 13.8 Å². The molecule has 0 atom stereocenters. The van der Waals surface area contributed by atoms with Gasteiger partial charge in [-0.2, -0.15) is 0 Å². The van der Waals surface area contributed by atoms with Gasteiger partial charge in [-0.25, -0.2) is 0 Å². The summed E-state index contributed by atoms with van der Waals surface area (Å²) in [6.07, 6.45) is 3.76. The quantitative estimate of drug-likeness (QED) is 0.255. The van der Waals surface area contributed by atoms with E-state index in [4.69, 9.17) is 0 Å². The first-order valence-corrected chi connectivity index (χ1v) is 12.5. The van der Waals surface area contributed by atoms with E-state index >= 15 is 0 Å². The molecule has 0 aliphatic carbocycles. The van der Waals surface area contributed by atoms with Gasteiger partial charge in [-0.3, -0.25) is 14.3 Å². The minimum Gasteiger partial charge on any atom is -0.356 e. The minimum atomic E-state index is 0.0666. The minimum absolute atomic E-state index is 0.0666. The zero-order chi connectivity index (χ0) is 23.8. The highest BCUT2D eigenvalue weighted by atomic mass is 32.2. The summed E-state index contributed by atoms with van der Waals surface area (Å²) in [6, 6.07) is 22.5. The lowest BCUT2D eigenvalue weighted by molar-refractivity contribution is -0.121. The largest absolute Gasteiger partial charge is 0.356 e. The average Bonchev–Trinajstić information content (AvgIpc) is 3.27. The maximum atomic E-state index is 12.2. The Hall–Kier alpha value is -3.45. The van der Waals surface area contributed by atoms with Crippen molar-refractivity contribution in [2.24, 2.45) is 0 Å². The van der Waals surface area contributed by atoms with Crippen molar-refractivity contribution in [3.8, 4) is 17.1 Å². The normalized spacial score (nSPS) is 10.9. The van der Waals surface area contributed by atoms with Gasteiger partial charge in [0.15, 0.2) is 11.0 Å². The molecule has 4 rings (SSSR count). The Labute approximate surface area is 204 Å². The van der Waals surface area contributed by atoms with E-state index in [1.165, 1.54) is 11.1 Å². The van der Waals surface area contributed by atoms with E-state index in [0.717, 1.165) is 46.5 Å². The number of carbonyl (C=O) groups is 1. The van der Waals surface area contributed by atoms with Gasteiger partial charge in [0, 0.05) is 48.3 Å². The first-order chi connectivity index (χ1) is 16.6. The van der Waals surface area contributed by atoms with Crippen LogP contribution in [0.1, 0.15) is 29.7 Å². The summed E-state index contributed by atoms with van der Waals surface area (Å²) in [4.78, 5) is 16.5. The van der Waals surface area contributed by atoms with E-state index in [1.54, 1.807) is 18.0 Å². The second-order valence-corrected chi connectivity index (χ2v) is 9.28. The fourth-order valence-corrected chi connectivity index (χ4v) is 4.43. The molecule has 0 aliphatic heterocycles. The Balaban J connectivity index is 1.36. The van der Waals surface area contributed by atoms with E-state index in [-0.39, 0.29) is 5.91 Å². The third-order valence-corrected chi connectivity index (χ3v) is 6.46. The third kappa shape index (κ3) is 6.32. The molecule has 34 heavy (non-hydrogen) atoms. The molecule has 0 radical (unpaired) electrons. The summed E-state index contributed by atoms with van der Waals surface area (Å²) in [6.45, 7) is 4.75. The van der Waals surface area contributed by atoms with Crippen molar-refractivity contribution in [1.82, 2.24) is 25.1 Å². The Morgan fingerprint density at radius 1 is 0.941 bits per heavy atom. The number of aryl methyl sites for hydroxylation is 2. The first kappa shape index (κ1) is 23.7. The predicted octanol–water partition coefficient (Wildman–Crippen LogP) is 5.18. The molecule has 1 amide bonds. The number of amides is 1. The number of hydrogen-bond donors (Lipinski definition) is 1. The van der Waals surface area contributed by atoms with Gasteiger partial charge in [0.25, 0.3) is 0 Å². The average molecular weight is 472 g/mol. The number of hydrogen-bond acceptors (Lipinski definition) is 5. The van der Waals surface area contributed by atoms with Gasteiger partial charge in [0.1, 0.15) is 0 Å². The van der Waals surface area contributed by atoms with Crippen LogP contribution in [0.4, 0.5) is 0 Å². The van der Waals surface area contributed by atoms with Gasteiger partial charge in [0.05, 0.1) is 0 Å². The number of pyridine rings is 1. The first-order valence-electron chi connectivity index (χ1n) is 11.5. The molecule has 4 aromatic rings. The summed E-state index contributed by atoms with van der Waals surface area (Å²) >= 11 is 1.63. The van der Waals surface area contributed by atoms with Gasteiger partial charge < -0.3 is 5.32 Å². The number of nitrogens with zero attached hydrogens (tertiary/aromatic N) is 4. The fourth-order valence-electron chi connectivity index (χ4n) is 3.54. The van der Waals surface area contributed by atoms with Crippen LogP contribution in [0.5, 0.6) is 0 Å². The molecular weight excluding hydrogens is 442 g/mol. The van der Waals surface area contributed by atoms with E-state index in [0.29, 0.717) is 13.0 Å². The predicted molar refractivity (Wildman–Crippen MR) is 137 cm³/mol. The van der Waals surface area contributed by atoms with Crippen LogP contribution in [-0.2, 0) is 11.2 Å². The standard InChI is InChI=1S/C27H29N5OS/c1-20-8-12-22(13-9-20)26-30-31-27(32(26)24-14-10-21(2)11-15-24)34-19-5-7-25(33)29-18-16-23-6-3-4-17-28-23/h3-4,6,8-15,17H,5,7,16,18-19H2,1-2H3,(H,29,33). The van der Waals surface area contributed by atoms with Gasteiger partial charge in [0.2, 0.25) is 5.91 Å². The highest BCUT2D eigenvalue weighted by Crippen LogP contribution is 2.28. The van der Waals surface area contributed by atoms with Crippen molar-refractivity contribution in [2.75, 3.05) is 12.3 Å². The highest BCUT2D eigenvalue weighted by Gasteiger charge is 2.16. The number of nitrogens with one attached hydrogen (secondary N) is 1. The molecule has 0 spiro atoms. The Kier molecular flexibility index (Phi) is 8.09. The van der Waals surface area contributed by atoms with Crippen LogP contribution in [0.2, 0.25) is 0 Å². The van der Waals surface area contributed by atoms with Crippen molar-refractivity contribution < 1.29 is 4.79 Å². The molecule has 0 saturated carbocycles. The molecule has 0 aliphatic rings. The van der Waals surface area contributed by atoms with E-state index in [9.17, 15) is 4.79 Å². The smallest absolute Gasteiger partial charge is 0.220 e. The molecule has 2 aromatic carbocycles.